The summed E-state index contributed by atoms with van der Waals surface area (Å²) in [6.45, 7) is 9.04. The normalized spacial score (nSPS) is 16.7. The average Bonchev–Trinajstić information content (AvgIpc) is 3.71. The standard InChI is InChI=1S/C27H37N7O2S/c1-2-36-24-9-7-22(8-10-24)29-20-23-6-5-16-34(23)27-31-30-26(37-27)33-17-11-21(12-18-33)25(35)28-13-19-32-14-3-4-15-32/h5-10,16,21,29H,2-4,11-15,17-20H2,1H3,(H,28,35). The summed E-state index contributed by atoms with van der Waals surface area (Å²) >= 11 is 1.59. The third-order valence-electron chi connectivity index (χ3n) is 7.14. The van der Waals surface area contributed by atoms with Gasteiger partial charge >= 0.3 is 0 Å². The molecule has 2 N–H and O–H groups in total. The lowest BCUT2D eigenvalue weighted by Gasteiger charge is -2.30. The van der Waals surface area contributed by atoms with Crippen molar-refractivity contribution in [2.45, 2.75) is 39.2 Å². The number of nitrogens with zero attached hydrogens (tertiary/aromatic N) is 5. The monoisotopic (exact) mass is 523 g/mol. The third-order valence-corrected chi connectivity index (χ3v) is 8.13. The Bertz CT molecular complexity index is 1130. The molecule has 0 radical (unpaired) electrons. The summed E-state index contributed by atoms with van der Waals surface area (Å²) in [6.07, 6.45) is 6.30. The van der Waals surface area contributed by atoms with E-state index in [1.807, 2.05) is 43.5 Å². The van der Waals surface area contributed by atoms with Gasteiger partial charge in [0.25, 0.3) is 0 Å². The minimum atomic E-state index is 0.0898. The Kier molecular flexibility index (Phi) is 8.57. The number of hydrogen-bond acceptors (Lipinski definition) is 8. The Morgan fingerprint density at radius 2 is 1.81 bits per heavy atom. The van der Waals surface area contributed by atoms with Crippen molar-refractivity contribution in [3.05, 3.63) is 48.3 Å². The number of piperidine rings is 1. The van der Waals surface area contributed by atoms with Gasteiger partial charge in [-0.25, -0.2) is 0 Å². The van der Waals surface area contributed by atoms with Gasteiger partial charge in [-0.1, -0.05) is 11.3 Å². The van der Waals surface area contributed by atoms with Crippen LogP contribution in [0.15, 0.2) is 42.6 Å². The SMILES string of the molecule is CCOc1ccc(NCc2cccn2-c2nnc(N3CCC(C(=O)NCCN4CCCC4)CC3)s2)cc1. The quantitative estimate of drug-likeness (QED) is 0.396. The molecule has 9 nitrogen and oxygen atoms in total. The fourth-order valence-electron chi connectivity index (χ4n) is 5.03. The van der Waals surface area contributed by atoms with Gasteiger partial charge in [-0.2, -0.15) is 0 Å². The zero-order valence-electron chi connectivity index (χ0n) is 21.6. The van der Waals surface area contributed by atoms with Crippen LogP contribution in [0.25, 0.3) is 5.13 Å². The second kappa shape index (κ2) is 12.4. The summed E-state index contributed by atoms with van der Waals surface area (Å²) in [5, 5.41) is 17.4. The van der Waals surface area contributed by atoms with Gasteiger partial charge in [0, 0.05) is 49.7 Å². The van der Waals surface area contributed by atoms with Crippen molar-refractivity contribution in [2.75, 3.05) is 56.1 Å². The number of benzene rings is 1. The average molecular weight is 524 g/mol. The topological polar surface area (TPSA) is 87.5 Å². The van der Waals surface area contributed by atoms with Crippen LogP contribution < -0.4 is 20.3 Å². The number of nitrogens with one attached hydrogen (secondary N) is 2. The zero-order chi connectivity index (χ0) is 25.5. The van der Waals surface area contributed by atoms with Gasteiger partial charge < -0.3 is 25.2 Å². The van der Waals surface area contributed by atoms with Crippen LogP contribution in [0.3, 0.4) is 0 Å². The number of hydrogen-bond donors (Lipinski definition) is 2. The molecule has 3 aromatic rings. The summed E-state index contributed by atoms with van der Waals surface area (Å²) < 4.78 is 7.61. The van der Waals surface area contributed by atoms with Crippen molar-refractivity contribution in [3.8, 4) is 10.9 Å². The van der Waals surface area contributed by atoms with Gasteiger partial charge in [0.05, 0.1) is 13.2 Å². The summed E-state index contributed by atoms with van der Waals surface area (Å²) in [4.78, 5) is 17.3. The molecule has 2 saturated heterocycles. The van der Waals surface area contributed by atoms with Gasteiger partial charge in [-0.3, -0.25) is 9.36 Å². The van der Waals surface area contributed by atoms with Crippen molar-refractivity contribution >= 4 is 28.1 Å². The highest BCUT2D eigenvalue weighted by molar-refractivity contribution is 7.17. The molecule has 1 amide bonds. The lowest BCUT2D eigenvalue weighted by molar-refractivity contribution is -0.125. The maximum Gasteiger partial charge on any atom is 0.223 e. The van der Waals surface area contributed by atoms with E-state index in [9.17, 15) is 4.79 Å². The predicted octanol–water partition coefficient (Wildman–Crippen LogP) is 3.77. The van der Waals surface area contributed by atoms with E-state index in [-0.39, 0.29) is 11.8 Å². The van der Waals surface area contributed by atoms with Crippen LogP contribution in [0, 0.1) is 5.92 Å². The number of anilines is 2. The molecule has 0 aliphatic carbocycles. The lowest BCUT2D eigenvalue weighted by atomic mass is 9.96. The number of rotatable bonds is 11. The van der Waals surface area contributed by atoms with Gasteiger partial charge in [0.2, 0.25) is 16.2 Å². The molecule has 0 unspecified atom stereocenters. The van der Waals surface area contributed by atoms with Crippen LogP contribution in [0.5, 0.6) is 5.75 Å². The fraction of sp³-hybridized carbons (Fsp3) is 0.519. The van der Waals surface area contributed by atoms with Crippen LogP contribution in [0.4, 0.5) is 10.8 Å². The molecule has 2 aliphatic rings. The molecule has 10 heteroatoms. The van der Waals surface area contributed by atoms with E-state index in [0.717, 1.165) is 66.4 Å². The minimum absolute atomic E-state index is 0.0898. The molecule has 2 aromatic heterocycles. The van der Waals surface area contributed by atoms with Gasteiger partial charge in [-0.15, -0.1) is 10.2 Å². The first-order valence-corrected chi connectivity index (χ1v) is 14.2. The molecule has 2 aliphatic heterocycles. The smallest absolute Gasteiger partial charge is 0.223 e. The highest BCUT2D eigenvalue weighted by Gasteiger charge is 2.27. The van der Waals surface area contributed by atoms with E-state index in [2.05, 4.69) is 41.3 Å². The molecule has 0 bridgehead atoms. The summed E-state index contributed by atoms with van der Waals surface area (Å²) in [5.74, 6) is 1.17. The lowest BCUT2D eigenvalue weighted by Crippen LogP contribution is -2.42. The number of carbonyl (C=O) groups is 1. The van der Waals surface area contributed by atoms with Crippen LogP contribution in [-0.2, 0) is 11.3 Å². The Hall–Kier alpha value is -3.11. The van der Waals surface area contributed by atoms with E-state index in [4.69, 9.17) is 4.74 Å². The molecule has 0 atom stereocenters. The molecule has 2 fully saturated rings. The number of amides is 1. The van der Waals surface area contributed by atoms with E-state index in [1.54, 1.807) is 11.3 Å². The molecule has 198 valence electrons. The van der Waals surface area contributed by atoms with Crippen molar-refractivity contribution in [1.82, 2.24) is 25.0 Å². The van der Waals surface area contributed by atoms with Crippen LogP contribution >= 0.6 is 11.3 Å². The van der Waals surface area contributed by atoms with Crippen LogP contribution in [0.1, 0.15) is 38.3 Å². The zero-order valence-corrected chi connectivity index (χ0v) is 22.4. The van der Waals surface area contributed by atoms with E-state index >= 15 is 0 Å². The van der Waals surface area contributed by atoms with E-state index in [0.29, 0.717) is 13.2 Å². The molecule has 37 heavy (non-hydrogen) atoms. The summed E-state index contributed by atoms with van der Waals surface area (Å²) in [7, 11) is 0. The van der Waals surface area contributed by atoms with Crippen LogP contribution in [0.2, 0.25) is 0 Å². The van der Waals surface area contributed by atoms with E-state index in [1.165, 1.54) is 25.9 Å². The third kappa shape index (κ3) is 6.61. The fourth-order valence-corrected chi connectivity index (χ4v) is 5.94. The highest BCUT2D eigenvalue weighted by atomic mass is 32.1. The van der Waals surface area contributed by atoms with Crippen molar-refractivity contribution < 1.29 is 9.53 Å². The molecular weight excluding hydrogens is 486 g/mol. The van der Waals surface area contributed by atoms with Gasteiger partial charge in [-0.05, 0) is 82.1 Å². The first-order chi connectivity index (χ1) is 18.2. The van der Waals surface area contributed by atoms with Gasteiger partial charge in [0.15, 0.2) is 0 Å². The second-order valence-corrected chi connectivity index (χ2v) is 10.6. The molecule has 0 saturated carbocycles. The largest absolute Gasteiger partial charge is 0.494 e. The highest BCUT2D eigenvalue weighted by Crippen LogP contribution is 2.29. The number of ether oxygens (including phenoxy) is 1. The van der Waals surface area contributed by atoms with Crippen LogP contribution in [-0.4, -0.2) is 71.4 Å². The van der Waals surface area contributed by atoms with E-state index < -0.39 is 0 Å². The number of likely N-dealkylation sites (tertiary alicyclic amines) is 1. The number of carbonyl (C=O) groups excluding carboxylic acids is 1. The molecule has 5 rings (SSSR count). The minimum Gasteiger partial charge on any atom is -0.494 e. The first-order valence-electron chi connectivity index (χ1n) is 13.4. The molecular formula is C27H37N7O2S. The molecule has 0 spiro atoms. The molecule has 4 heterocycles. The second-order valence-electron chi connectivity index (χ2n) is 9.65. The van der Waals surface area contributed by atoms with Crippen molar-refractivity contribution in [3.63, 3.8) is 0 Å². The van der Waals surface area contributed by atoms with Gasteiger partial charge in [0.1, 0.15) is 5.75 Å². The Morgan fingerprint density at radius 3 is 2.57 bits per heavy atom. The summed E-state index contributed by atoms with van der Waals surface area (Å²) in [5.41, 5.74) is 2.15. The van der Waals surface area contributed by atoms with Crippen molar-refractivity contribution in [2.24, 2.45) is 5.92 Å². The summed E-state index contributed by atoms with van der Waals surface area (Å²) in [6, 6.07) is 12.1. The molecule has 1 aromatic carbocycles. The first kappa shape index (κ1) is 25.5. The van der Waals surface area contributed by atoms with Crippen molar-refractivity contribution in [1.29, 1.82) is 0 Å². The number of aromatic nitrogens is 3. The maximum atomic E-state index is 12.6. The maximum absolute atomic E-state index is 12.6. The Labute approximate surface area is 222 Å². The predicted molar refractivity (Wildman–Crippen MR) is 148 cm³/mol. The Balaban J connectivity index is 1.10. The Morgan fingerprint density at radius 1 is 1.05 bits per heavy atom.